The second kappa shape index (κ2) is 10.5. The molecule has 3 rings (SSSR count). The first-order valence-corrected chi connectivity index (χ1v) is 9.18. The number of rotatable bonds is 8. The van der Waals surface area contributed by atoms with Crippen molar-refractivity contribution in [2.24, 2.45) is 5.10 Å². The van der Waals surface area contributed by atoms with Gasteiger partial charge in [0.15, 0.2) is 5.69 Å². The first-order valence-electron chi connectivity index (χ1n) is 9.18. The highest BCUT2D eigenvalue weighted by atomic mass is 35.5. The van der Waals surface area contributed by atoms with Gasteiger partial charge in [0.1, 0.15) is 5.69 Å². The van der Waals surface area contributed by atoms with Crippen LogP contribution in [0, 0.1) is 6.92 Å². The van der Waals surface area contributed by atoms with Crippen LogP contribution in [0.15, 0.2) is 34.0 Å². The largest absolute Gasteiger partial charge is 0.378 e. The number of carbonyl (C=O) groups excluding carboxylic acids is 1. The van der Waals surface area contributed by atoms with Crippen LogP contribution in [0.4, 0.5) is 5.82 Å². The van der Waals surface area contributed by atoms with Gasteiger partial charge in [-0.3, -0.25) is 9.69 Å². The topological polar surface area (TPSA) is 140 Å². The molecule has 0 atom stereocenters. The van der Waals surface area contributed by atoms with Crippen molar-refractivity contribution in [2.75, 3.05) is 18.8 Å². The molecule has 0 aliphatic rings. The summed E-state index contributed by atoms with van der Waals surface area (Å²) in [5.74, 6) is -0.402. The third-order valence-corrected chi connectivity index (χ3v) is 4.38. The zero-order valence-electron chi connectivity index (χ0n) is 16.9. The summed E-state index contributed by atoms with van der Waals surface area (Å²) < 4.78 is 5.84. The maximum Gasteiger partial charge on any atom is 0.292 e. The van der Waals surface area contributed by atoms with Crippen LogP contribution >= 0.6 is 12.4 Å². The van der Waals surface area contributed by atoms with Gasteiger partial charge in [-0.2, -0.15) is 9.78 Å². The molecule has 0 spiro atoms. The average Bonchev–Trinajstić information content (AvgIpc) is 3.33. The molecule has 12 heteroatoms. The van der Waals surface area contributed by atoms with Crippen LogP contribution in [0.25, 0.3) is 5.82 Å². The number of carbonyl (C=O) groups is 1. The fraction of sp³-hybridized carbons (Fsp3) is 0.333. The quantitative estimate of drug-likeness (QED) is 0.403. The Bertz CT molecular complexity index is 994. The molecule has 2 aromatic heterocycles. The minimum Gasteiger partial charge on any atom is -0.378 e. The van der Waals surface area contributed by atoms with Crippen molar-refractivity contribution in [1.82, 2.24) is 35.6 Å². The summed E-state index contributed by atoms with van der Waals surface area (Å²) >= 11 is 0. The highest BCUT2D eigenvalue weighted by molar-refractivity contribution is 5.95. The summed E-state index contributed by atoms with van der Waals surface area (Å²) in [6, 6.07) is 7.74. The monoisotopic (exact) mass is 433 g/mol. The summed E-state index contributed by atoms with van der Waals surface area (Å²) in [6.45, 7) is 8.08. The molecule has 0 fully saturated rings. The Hall–Kier alpha value is -3.31. The summed E-state index contributed by atoms with van der Waals surface area (Å²) in [6.07, 6.45) is 1.56. The first-order chi connectivity index (χ1) is 14.0. The normalized spacial score (nSPS) is 11.1. The lowest BCUT2D eigenvalue weighted by atomic mass is 10.2. The van der Waals surface area contributed by atoms with E-state index in [4.69, 9.17) is 5.73 Å². The predicted octanol–water partition coefficient (Wildman–Crippen LogP) is 1.57. The van der Waals surface area contributed by atoms with Crippen LogP contribution in [0.5, 0.6) is 0 Å². The van der Waals surface area contributed by atoms with Gasteiger partial charge in [0.05, 0.1) is 6.21 Å². The van der Waals surface area contributed by atoms with Crippen molar-refractivity contribution >= 4 is 30.3 Å². The van der Waals surface area contributed by atoms with Gasteiger partial charge in [-0.15, -0.1) is 17.5 Å². The van der Waals surface area contributed by atoms with Crippen molar-refractivity contribution in [3.63, 3.8) is 0 Å². The van der Waals surface area contributed by atoms with Gasteiger partial charge in [-0.25, -0.2) is 10.1 Å². The molecule has 160 valence electrons. The lowest BCUT2D eigenvalue weighted by Gasteiger charge is -2.16. The van der Waals surface area contributed by atoms with E-state index >= 15 is 0 Å². The number of nitrogens with zero attached hydrogens (tertiary/aromatic N) is 7. The minimum atomic E-state index is -0.497. The Kier molecular flexibility index (Phi) is 8.01. The molecule has 2 heterocycles. The molecule has 3 aromatic rings. The Morgan fingerprint density at radius 3 is 2.57 bits per heavy atom. The summed E-state index contributed by atoms with van der Waals surface area (Å²) in [7, 11) is 0. The number of aromatic nitrogens is 5. The molecule has 0 aliphatic carbocycles. The van der Waals surface area contributed by atoms with Crippen molar-refractivity contribution in [2.45, 2.75) is 27.3 Å². The lowest BCUT2D eigenvalue weighted by molar-refractivity contribution is 0.0945. The molecule has 0 saturated carbocycles. The van der Waals surface area contributed by atoms with E-state index in [1.165, 1.54) is 4.68 Å². The van der Waals surface area contributed by atoms with E-state index in [2.05, 4.69) is 40.7 Å². The zero-order valence-corrected chi connectivity index (χ0v) is 17.8. The summed E-state index contributed by atoms with van der Waals surface area (Å²) in [5, 5.41) is 19.4. The number of halogens is 1. The average molecular weight is 434 g/mol. The fourth-order valence-electron chi connectivity index (χ4n) is 2.66. The van der Waals surface area contributed by atoms with E-state index in [9.17, 15) is 4.79 Å². The number of nitrogens with one attached hydrogen (secondary N) is 1. The number of benzene rings is 1. The van der Waals surface area contributed by atoms with Crippen molar-refractivity contribution in [3.05, 3.63) is 46.8 Å². The van der Waals surface area contributed by atoms with Crippen molar-refractivity contribution in [1.29, 1.82) is 0 Å². The molecule has 3 N–H and O–H groups in total. The Labute approximate surface area is 179 Å². The molecule has 1 amide bonds. The molecule has 11 nitrogen and oxygen atoms in total. The van der Waals surface area contributed by atoms with Crippen LogP contribution in [0.1, 0.15) is 41.2 Å². The van der Waals surface area contributed by atoms with E-state index in [1.807, 2.05) is 45.0 Å². The number of aryl methyl sites for hydroxylation is 1. The van der Waals surface area contributed by atoms with Gasteiger partial charge < -0.3 is 5.73 Å². The van der Waals surface area contributed by atoms with Gasteiger partial charge >= 0.3 is 0 Å². The molecule has 0 saturated heterocycles. The van der Waals surface area contributed by atoms with E-state index in [-0.39, 0.29) is 29.7 Å². The number of hydrogen-bond donors (Lipinski definition) is 2. The molecule has 1 aromatic carbocycles. The molecular weight excluding hydrogens is 410 g/mol. The molecule has 0 bridgehead atoms. The van der Waals surface area contributed by atoms with Gasteiger partial charge in [0, 0.05) is 6.54 Å². The fourth-order valence-corrected chi connectivity index (χ4v) is 2.66. The first kappa shape index (κ1) is 23.0. The second-order valence-corrected chi connectivity index (χ2v) is 6.34. The lowest BCUT2D eigenvalue weighted by Crippen LogP contribution is -2.27. The molecular formula is C18H24ClN9O2. The standard InChI is InChI=1S/C18H23N9O2.ClH/c1-4-26(5-2)11-14-15(27(25-21-14)17-16(19)23-29-24-17)18(28)22-20-10-13-8-6-12(3)7-9-13;/h6-10H,4-5,11H2,1-3H3,(H2,19,23)(H,22,28);1H/b20-10+;. The van der Waals surface area contributed by atoms with Crippen LogP contribution in [-0.2, 0) is 6.54 Å². The molecule has 0 radical (unpaired) electrons. The molecule has 0 aliphatic heterocycles. The van der Waals surface area contributed by atoms with E-state index in [0.29, 0.717) is 12.2 Å². The van der Waals surface area contributed by atoms with Crippen molar-refractivity contribution < 1.29 is 9.42 Å². The van der Waals surface area contributed by atoms with Crippen LogP contribution in [-0.4, -0.2) is 55.4 Å². The van der Waals surface area contributed by atoms with Crippen LogP contribution in [0.2, 0.25) is 0 Å². The van der Waals surface area contributed by atoms with Gasteiger partial charge in [0.2, 0.25) is 11.6 Å². The molecule has 30 heavy (non-hydrogen) atoms. The van der Waals surface area contributed by atoms with E-state index in [1.54, 1.807) is 6.21 Å². The smallest absolute Gasteiger partial charge is 0.292 e. The maximum atomic E-state index is 12.9. The van der Waals surface area contributed by atoms with E-state index in [0.717, 1.165) is 24.2 Å². The Morgan fingerprint density at radius 2 is 1.97 bits per heavy atom. The Morgan fingerprint density at radius 1 is 1.27 bits per heavy atom. The Balaban J connectivity index is 0.00000320. The van der Waals surface area contributed by atoms with E-state index < -0.39 is 5.91 Å². The molecule has 0 unspecified atom stereocenters. The van der Waals surface area contributed by atoms with Crippen molar-refractivity contribution in [3.8, 4) is 5.82 Å². The highest BCUT2D eigenvalue weighted by Gasteiger charge is 2.25. The SMILES string of the molecule is CCN(CC)Cc1nnn(-c2nonc2N)c1C(=O)N/N=C/c1ccc(C)cc1.Cl. The number of nitrogen functional groups attached to an aromatic ring is 1. The maximum absolute atomic E-state index is 12.9. The highest BCUT2D eigenvalue weighted by Crippen LogP contribution is 2.17. The third-order valence-electron chi connectivity index (χ3n) is 4.38. The second-order valence-electron chi connectivity index (χ2n) is 6.34. The number of hydrazone groups is 1. The minimum absolute atomic E-state index is 0. The van der Waals surface area contributed by atoms with Gasteiger partial charge in [-0.05, 0) is 35.9 Å². The third kappa shape index (κ3) is 5.19. The zero-order chi connectivity index (χ0) is 20.8. The predicted molar refractivity (Wildman–Crippen MR) is 114 cm³/mol. The summed E-state index contributed by atoms with van der Waals surface area (Å²) in [5.41, 5.74) is 10.9. The number of nitrogens with two attached hydrogens (primary N) is 1. The van der Waals surface area contributed by atoms with Gasteiger partial charge in [-0.1, -0.05) is 48.9 Å². The van der Waals surface area contributed by atoms with Crippen LogP contribution in [0.3, 0.4) is 0 Å². The van der Waals surface area contributed by atoms with Crippen LogP contribution < -0.4 is 11.2 Å². The summed E-state index contributed by atoms with van der Waals surface area (Å²) in [4.78, 5) is 15.0. The number of hydrogen-bond acceptors (Lipinski definition) is 9. The number of amides is 1. The van der Waals surface area contributed by atoms with Gasteiger partial charge in [0.25, 0.3) is 5.91 Å². The number of anilines is 1.